The van der Waals surface area contributed by atoms with Crippen LogP contribution in [0.15, 0.2) is 0 Å². The maximum atomic E-state index is 12.0. The molecule has 0 spiro atoms. The van der Waals surface area contributed by atoms with E-state index in [4.69, 9.17) is 10.5 Å². The van der Waals surface area contributed by atoms with Crippen LogP contribution in [0.4, 0.5) is 10.8 Å². The Kier molecular flexibility index (Phi) is 6.08. The van der Waals surface area contributed by atoms with Crippen LogP contribution in [0.5, 0.6) is 0 Å². The molecule has 2 N–H and O–H groups in total. The summed E-state index contributed by atoms with van der Waals surface area (Å²) in [4.78, 5) is 14.1. The highest BCUT2D eigenvalue weighted by molar-refractivity contribution is 7.11. The third-order valence-electron chi connectivity index (χ3n) is 3.08. The summed E-state index contributed by atoms with van der Waals surface area (Å²) in [5.74, 6) is 0.436. The highest BCUT2D eigenvalue weighted by Crippen LogP contribution is 2.31. The Morgan fingerprint density at radius 1 is 1.47 bits per heavy atom. The minimum atomic E-state index is -0.383. The Hall–Kier alpha value is -1.30. The van der Waals surface area contributed by atoms with Crippen LogP contribution >= 0.6 is 11.5 Å². The first kappa shape index (κ1) is 15.8. The highest BCUT2D eigenvalue weighted by Gasteiger charge is 2.24. The molecule has 0 saturated heterocycles. The maximum Gasteiger partial charge on any atom is 0.345 e. The van der Waals surface area contributed by atoms with E-state index in [1.165, 1.54) is 11.5 Å². The van der Waals surface area contributed by atoms with Gasteiger partial charge in [-0.05, 0) is 31.3 Å². The van der Waals surface area contributed by atoms with Crippen molar-refractivity contribution in [2.45, 2.75) is 34.1 Å². The number of nitrogens with two attached hydrogens (primary N) is 1. The fourth-order valence-corrected chi connectivity index (χ4v) is 2.64. The van der Waals surface area contributed by atoms with E-state index in [0.29, 0.717) is 18.1 Å². The topological polar surface area (TPSA) is 68.5 Å². The molecule has 0 saturated carbocycles. The fourth-order valence-electron chi connectivity index (χ4n) is 1.77. The van der Waals surface area contributed by atoms with E-state index in [-0.39, 0.29) is 11.8 Å². The lowest BCUT2D eigenvalue weighted by Gasteiger charge is -2.25. The molecule has 1 aromatic heterocycles. The largest absolute Gasteiger partial charge is 0.462 e. The van der Waals surface area contributed by atoms with Crippen molar-refractivity contribution >= 4 is 28.3 Å². The van der Waals surface area contributed by atoms with Crippen LogP contribution in [0.25, 0.3) is 0 Å². The molecule has 0 aliphatic carbocycles. The first-order valence-corrected chi connectivity index (χ1v) is 7.49. The van der Waals surface area contributed by atoms with Crippen LogP contribution in [0.3, 0.4) is 0 Å². The standard InChI is InChI=1S/C13H23N3O2S/c1-5-9(4)8-16(6-2)12-10(11(14)15-19-12)13(17)18-7-3/h9H,5-8H2,1-4H3,(H2,14,15). The summed E-state index contributed by atoms with van der Waals surface area (Å²) in [6.45, 7) is 10.2. The number of carbonyl (C=O) groups is 1. The van der Waals surface area contributed by atoms with E-state index in [0.717, 1.165) is 24.5 Å². The summed E-state index contributed by atoms with van der Waals surface area (Å²) in [5.41, 5.74) is 6.21. The number of hydrogen-bond acceptors (Lipinski definition) is 6. The van der Waals surface area contributed by atoms with Crippen LogP contribution in [0.1, 0.15) is 44.5 Å². The van der Waals surface area contributed by atoms with Gasteiger partial charge in [-0.2, -0.15) is 4.37 Å². The van der Waals surface area contributed by atoms with E-state index < -0.39 is 0 Å². The Labute approximate surface area is 118 Å². The molecular formula is C13H23N3O2S. The van der Waals surface area contributed by atoms with Crippen LogP contribution in [0.2, 0.25) is 0 Å². The molecule has 1 rings (SSSR count). The summed E-state index contributed by atoms with van der Waals surface area (Å²) in [5, 5.41) is 0.818. The van der Waals surface area contributed by atoms with Gasteiger partial charge in [0, 0.05) is 13.1 Å². The number of hydrogen-bond donors (Lipinski definition) is 1. The third kappa shape index (κ3) is 3.83. The second kappa shape index (κ2) is 7.33. The number of carbonyl (C=O) groups excluding carboxylic acids is 1. The van der Waals surface area contributed by atoms with Gasteiger partial charge < -0.3 is 15.4 Å². The van der Waals surface area contributed by atoms with Crippen LogP contribution in [-0.4, -0.2) is 30.0 Å². The van der Waals surface area contributed by atoms with Gasteiger partial charge in [0.1, 0.15) is 10.6 Å². The smallest absolute Gasteiger partial charge is 0.345 e. The Balaban J connectivity index is 3.01. The second-order valence-electron chi connectivity index (χ2n) is 4.52. The van der Waals surface area contributed by atoms with Crippen molar-refractivity contribution in [1.82, 2.24) is 4.37 Å². The summed E-state index contributed by atoms with van der Waals surface area (Å²) in [6, 6.07) is 0. The zero-order valence-corrected chi connectivity index (χ0v) is 12.9. The number of nitrogen functional groups attached to an aromatic ring is 1. The molecule has 108 valence electrons. The zero-order valence-electron chi connectivity index (χ0n) is 12.1. The Bertz CT molecular complexity index is 420. The molecule has 5 nitrogen and oxygen atoms in total. The molecule has 0 radical (unpaired) electrons. The monoisotopic (exact) mass is 285 g/mol. The summed E-state index contributed by atoms with van der Waals surface area (Å²) >= 11 is 1.27. The maximum absolute atomic E-state index is 12.0. The van der Waals surface area contributed by atoms with Gasteiger partial charge in [-0.15, -0.1) is 0 Å². The molecule has 0 bridgehead atoms. The van der Waals surface area contributed by atoms with Crippen molar-refractivity contribution in [2.24, 2.45) is 5.92 Å². The molecular weight excluding hydrogens is 262 g/mol. The van der Waals surface area contributed by atoms with Gasteiger partial charge in [-0.3, -0.25) is 0 Å². The quantitative estimate of drug-likeness (QED) is 0.780. The van der Waals surface area contributed by atoms with Gasteiger partial charge in [0.25, 0.3) is 0 Å². The Morgan fingerprint density at radius 3 is 2.68 bits per heavy atom. The van der Waals surface area contributed by atoms with E-state index in [2.05, 4.69) is 30.0 Å². The Morgan fingerprint density at radius 2 is 2.16 bits per heavy atom. The number of aromatic nitrogens is 1. The van der Waals surface area contributed by atoms with E-state index in [1.807, 2.05) is 0 Å². The second-order valence-corrected chi connectivity index (χ2v) is 5.27. The molecule has 1 heterocycles. The fraction of sp³-hybridized carbons (Fsp3) is 0.692. The van der Waals surface area contributed by atoms with Crippen LogP contribution in [-0.2, 0) is 4.74 Å². The molecule has 0 aliphatic heterocycles. The normalized spacial score (nSPS) is 12.2. The van der Waals surface area contributed by atoms with Crippen LogP contribution < -0.4 is 10.6 Å². The van der Waals surface area contributed by atoms with E-state index in [1.54, 1.807) is 6.92 Å². The average Bonchev–Trinajstić information content (AvgIpc) is 2.77. The SMILES string of the molecule is CCOC(=O)c1c(N)nsc1N(CC)CC(C)CC. The summed E-state index contributed by atoms with van der Waals surface area (Å²) in [6.07, 6.45) is 1.10. The minimum absolute atomic E-state index is 0.265. The first-order chi connectivity index (χ1) is 9.04. The van der Waals surface area contributed by atoms with E-state index in [9.17, 15) is 4.79 Å². The molecule has 6 heteroatoms. The lowest BCUT2D eigenvalue weighted by atomic mass is 10.1. The number of esters is 1. The van der Waals surface area contributed by atoms with Crippen molar-refractivity contribution in [3.05, 3.63) is 5.56 Å². The van der Waals surface area contributed by atoms with Gasteiger partial charge in [0.05, 0.1) is 6.61 Å². The molecule has 1 atom stereocenters. The molecule has 0 amide bonds. The predicted octanol–water partition coefficient (Wildman–Crippen LogP) is 2.77. The molecule has 1 unspecified atom stereocenters. The van der Waals surface area contributed by atoms with Crippen molar-refractivity contribution in [3.8, 4) is 0 Å². The van der Waals surface area contributed by atoms with Crippen molar-refractivity contribution in [3.63, 3.8) is 0 Å². The van der Waals surface area contributed by atoms with Gasteiger partial charge in [-0.1, -0.05) is 20.3 Å². The molecule has 0 aliphatic rings. The van der Waals surface area contributed by atoms with Crippen LogP contribution in [0, 0.1) is 5.92 Å². The zero-order chi connectivity index (χ0) is 14.4. The number of anilines is 2. The van der Waals surface area contributed by atoms with Gasteiger partial charge in [0.15, 0.2) is 5.82 Å². The molecule has 19 heavy (non-hydrogen) atoms. The lowest BCUT2D eigenvalue weighted by Crippen LogP contribution is -2.28. The number of rotatable bonds is 7. The average molecular weight is 285 g/mol. The lowest BCUT2D eigenvalue weighted by molar-refractivity contribution is 0.0528. The number of ether oxygens (including phenoxy) is 1. The van der Waals surface area contributed by atoms with Gasteiger partial charge >= 0.3 is 5.97 Å². The number of nitrogens with zero attached hydrogens (tertiary/aromatic N) is 2. The molecule has 1 aromatic rings. The first-order valence-electron chi connectivity index (χ1n) is 6.72. The van der Waals surface area contributed by atoms with Crippen molar-refractivity contribution in [2.75, 3.05) is 30.3 Å². The minimum Gasteiger partial charge on any atom is -0.462 e. The van der Waals surface area contributed by atoms with Gasteiger partial charge in [0.2, 0.25) is 0 Å². The third-order valence-corrected chi connectivity index (χ3v) is 4.00. The van der Waals surface area contributed by atoms with E-state index >= 15 is 0 Å². The summed E-state index contributed by atoms with van der Waals surface area (Å²) < 4.78 is 9.15. The molecule has 0 fully saturated rings. The predicted molar refractivity (Wildman–Crippen MR) is 79.8 cm³/mol. The summed E-state index contributed by atoms with van der Waals surface area (Å²) in [7, 11) is 0. The van der Waals surface area contributed by atoms with Crippen molar-refractivity contribution in [1.29, 1.82) is 0 Å². The highest BCUT2D eigenvalue weighted by atomic mass is 32.1. The van der Waals surface area contributed by atoms with Crippen molar-refractivity contribution < 1.29 is 9.53 Å². The molecule has 0 aromatic carbocycles. The van der Waals surface area contributed by atoms with Gasteiger partial charge in [-0.25, -0.2) is 4.79 Å².